The molecule has 0 saturated heterocycles. The first-order valence-electron chi connectivity index (χ1n) is 7.83. The Kier molecular flexibility index (Phi) is 4.24. The van der Waals surface area contributed by atoms with Crippen LogP contribution in [0.15, 0.2) is 12.1 Å². The van der Waals surface area contributed by atoms with Crippen LogP contribution in [0.2, 0.25) is 0 Å². The van der Waals surface area contributed by atoms with Crippen LogP contribution in [0.5, 0.6) is 5.75 Å². The molecule has 0 bridgehead atoms. The molecule has 26 heavy (non-hydrogen) atoms. The van der Waals surface area contributed by atoms with E-state index in [1.54, 1.807) is 7.11 Å². The van der Waals surface area contributed by atoms with Crippen LogP contribution < -0.4 is 10.5 Å². The molecule has 0 saturated carbocycles. The summed E-state index contributed by atoms with van der Waals surface area (Å²) in [5.74, 6) is 0.836. The van der Waals surface area contributed by atoms with Gasteiger partial charge in [-0.1, -0.05) is 6.07 Å². The maximum absolute atomic E-state index is 13.5. The number of hydrogen-bond acceptors (Lipinski definition) is 5. The topological polar surface area (TPSA) is 89.8 Å². The van der Waals surface area contributed by atoms with Crippen LogP contribution in [0.4, 0.5) is 14.6 Å². The number of halogens is 2. The zero-order valence-electron chi connectivity index (χ0n) is 14.8. The Morgan fingerprint density at radius 3 is 2.50 bits per heavy atom. The molecular weight excluding hydrogens is 340 g/mol. The first-order valence-corrected chi connectivity index (χ1v) is 7.83. The summed E-state index contributed by atoms with van der Waals surface area (Å²) < 4.78 is 34.0. The molecule has 6 nitrogen and oxygen atoms in total. The van der Waals surface area contributed by atoms with Gasteiger partial charge < -0.3 is 10.5 Å². The van der Waals surface area contributed by atoms with Crippen LogP contribution >= 0.6 is 0 Å². The molecule has 0 unspecified atom stereocenters. The van der Waals surface area contributed by atoms with Gasteiger partial charge in [0.05, 0.1) is 18.2 Å². The lowest BCUT2D eigenvalue weighted by Crippen LogP contribution is -2.07. The Labute approximate surface area is 148 Å². The van der Waals surface area contributed by atoms with Crippen LogP contribution in [0.1, 0.15) is 34.6 Å². The van der Waals surface area contributed by atoms with E-state index in [1.807, 2.05) is 32.0 Å². The molecule has 3 aromatic rings. The van der Waals surface area contributed by atoms with Crippen molar-refractivity contribution in [2.75, 3.05) is 12.8 Å². The lowest BCUT2D eigenvalue weighted by atomic mass is 10.1. The number of aryl methyl sites for hydroxylation is 2. The highest BCUT2D eigenvalue weighted by Crippen LogP contribution is 2.38. The standard InChI is InChI=1S/C18H17F2N5O/c1-8-5-6-12(26-4)9(2)15(8)25-17(22)11(7-21)13-14(16(19)20)23-10(3)24-18(13)25/h5-6,16H,22H2,1-4H3. The van der Waals surface area contributed by atoms with Gasteiger partial charge in [-0.05, 0) is 32.4 Å². The molecule has 8 heteroatoms. The van der Waals surface area contributed by atoms with Crippen LogP contribution in [-0.4, -0.2) is 21.6 Å². The van der Waals surface area contributed by atoms with Gasteiger partial charge in [0.2, 0.25) is 0 Å². The van der Waals surface area contributed by atoms with Gasteiger partial charge in [0, 0.05) is 5.56 Å². The van der Waals surface area contributed by atoms with Crippen molar-refractivity contribution >= 4 is 16.9 Å². The normalized spacial score (nSPS) is 11.2. The van der Waals surface area contributed by atoms with E-state index < -0.39 is 12.1 Å². The van der Waals surface area contributed by atoms with Gasteiger partial charge in [-0.25, -0.2) is 18.7 Å². The first kappa shape index (κ1) is 17.6. The number of benzene rings is 1. The molecule has 0 atom stereocenters. The maximum Gasteiger partial charge on any atom is 0.281 e. The molecule has 0 aliphatic heterocycles. The molecule has 2 N–H and O–H groups in total. The van der Waals surface area contributed by atoms with E-state index in [2.05, 4.69) is 9.97 Å². The van der Waals surface area contributed by atoms with Crippen molar-refractivity contribution in [2.24, 2.45) is 0 Å². The van der Waals surface area contributed by atoms with Gasteiger partial charge in [-0.2, -0.15) is 5.26 Å². The molecule has 0 spiro atoms. The monoisotopic (exact) mass is 357 g/mol. The number of nitriles is 1. The molecule has 2 aromatic heterocycles. The highest BCUT2D eigenvalue weighted by atomic mass is 19.3. The number of nitrogens with two attached hydrogens (primary N) is 1. The number of rotatable bonds is 3. The number of ether oxygens (including phenoxy) is 1. The van der Waals surface area contributed by atoms with Crippen LogP contribution in [0, 0.1) is 32.1 Å². The van der Waals surface area contributed by atoms with Gasteiger partial charge in [-0.15, -0.1) is 0 Å². The van der Waals surface area contributed by atoms with Gasteiger partial charge in [0.1, 0.15) is 34.7 Å². The van der Waals surface area contributed by atoms with Crippen molar-refractivity contribution in [1.29, 1.82) is 5.26 Å². The Bertz CT molecular complexity index is 1070. The summed E-state index contributed by atoms with van der Waals surface area (Å²) in [5, 5.41) is 9.50. The van der Waals surface area contributed by atoms with E-state index in [0.717, 1.165) is 11.1 Å². The van der Waals surface area contributed by atoms with Gasteiger partial charge in [0.25, 0.3) is 6.43 Å². The summed E-state index contributed by atoms with van der Waals surface area (Å²) >= 11 is 0. The minimum Gasteiger partial charge on any atom is -0.496 e. The van der Waals surface area contributed by atoms with Crippen LogP contribution in [0.3, 0.4) is 0 Å². The number of aromatic nitrogens is 3. The molecule has 2 heterocycles. The molecular formula is C18H17F2N5O. The number of hydrogen-bond donors (Lipinski definition) is 1. The minimum absolute atomic E-state index is 0.0211. The summed E-state index contributed by atoms with van der Waals surface area (Å²) in [6.07, 6.45) is -2.85. The molecule has 3 rings (SSSR count). The maximum atomic E-state index is 13.5. The quantitative estimate of drug-likeness (QED) is 0.771. The molecule has 0 fully saturated rings. The Morgan fingerprint density at radius 2 is 1.92 bits per heavy atom. The summed E-state index contributed by atoms with van der Waals surface area (Å²) in [7, 11) is 1.54. The van der Waals surface area contributed by atoms with Gasteiger partial charge in [-0.3, -0.25) is 4.57 Å². The average Bonchev–Trinajstić information content (AvgIpc) is 2.86. The SMILES string of the molecule is COc1ccc(C)c(-n2c(N)c(C#N)c3c(C(F)F)nc(C)nc32)c1C. The first-order chi connectivity index (χ1) is 12.3. The molecule has 0 amide bonds. The summed E-state index contributed by atoms with van der Waals surface area (Å²) in [4.78, 5) is 8.14. The van der Waals surface area contributed by atoms with Crippen molar-refractivity contribution in [2.45, 2.75) is 27.2 Å². The number of anilines is 1. The second-order valence-corrected chi connectivity index (χ2v) is 5.92. The third-order valence-corrected chi connectivity index (χ3v) is 4.33. The van der Waals surface area contributed by atoms with Crippen molar-refractivity contribution in [3.8, 4) is 17.5 Å². The van der Waals surface area contributed by atoms with Gasteiger partial charge in [0.15, 0.2) is 5.65 Å². The summed E-state index contributed by atoms with van der Waals surface area (Å²) in [5.41, 5.74) is 8.07. The predicted octanol–water partition coefficient (Wildman–Crippen LogP) is 3.75. The van der Waals surface area contributed by atoms with E-state index in [4.69, 9.17) is 10.5 Å². The summed E-state index contributed by atoms with van der Waals surface area (Å²) in [6.45, 7) is 5.22. The molecule has 0 aliphatic carbocycles. The lowest BCUT2D eigenvalue weighted by molar-refractivity contribution is 0.147. The summed E-state index contributed by atoms with van der Waals surface area (Å²) in [6, 6.07) is 5.57. The van der Waals surface area contributed by atoms with Crippen molar-refractivity contribution < 1.29 is 13.5 Å². The van der Waals surface area contributed by atoms with E-state index in [1.165, 1.54) is 11.5 Å². The fourth-order valence-electron chi connectivity index (χ4n) is 3.21. The smallest absolute Gasteiger partial charge is 0.281 e. The lowest BCUT2D eigenvalue weighted by Gasteiger charge is -2.16. The van der Waals surface area contributed by atoms with Gasteiger partial charge >= 0.3 is 0 Å². The van der Waals surface area contributed by atoms with E-state index >= 15 is 0 Å². The number of methoxy groups -OCH3 is 1. The van der Waals surface area contributed by atoms with E-state index in [-0.39, 0.29) is 28.2 Å². The second kappa shape index (κ2) is 6.26. The van der Waals surface area contributed by atoms with Crippen molar-refractivity contribution in [3.05, 3.63) is 40.3 Å². The zero-order valence-corrected chi connectivity index (χ0v) is 14.8. The third-order valence-electron chi connectivity index (χ3n) is 4.33. The Balaban J connectivity index is 2.55. The Morgan fingerprint density at radius 1 is 1.23 bits per heavy atom. The highest BCUT2D eigenvalue weighted by Gasteiger charge is 2.27. The average molecular weight is 357 g/mol. The van der Waals surface area contributed by atoms with E-state index in [0.29, 0.717) is 11.4 Å². The van der Waals surface area contributed by atoms with Crippen LogP contribution in [-0.2, 0) is 0 Å². The molecule has 134 valence electrons. The number of alkyl halides is 2. The number of nitrogen functional groups attached to an aromatic ring is 1. The predicted molar refractivity (Wildman–Crippen MR) is 93.7 cm³/mol. The van der Waals surface area contributed by atoms with Crippen molar-refractivity contribution in [3.63, 3.8) is 0 Å². The molecule has 0 aliphatic rings. The van der Waals surface area contributed by atoms with Crippen LogP contribution in [0.25, 0.3) is 16.7 Å². The minimum atomic E-state index is -2.85. The largest absolute Gasteiger partial charge is 0.496 e. The Hall–Kier alpha value is -3.21. The van der Waals surface area contributed by atoms with E-state index in [9.17, 15) is 14.0 Å². The molecule has 1 aromatic carbocycles. The second-order valence-electron chi connectivity index (χ2n) is 5.92. The molecule has 0 radical (unpaired) electrons. The van der Waals surface area contributed by atoms with Crippen molar-refractivity contribution in [1.82, 2.24) is 14.5 Å². The highest BCUT2D eigenvalue weighted by molar-refractivity contribution is 5.93. The third kappa shape index (κ3) is 2.44. The zero-order chi connectivity index (χ0) is 19.2. The number of nitrogens with zero attached hydrogens (tertiary/aromatic N) is 4. The fraction of sp³-hybridized carbons (Fsp3) is 0.278. The number of fused-ring (bicyclic) bond motifs is 1. The fourth-order valence-corrected chi connectivity index (χ4v) is 3.21.